The Labute approximate surface area is 223 Å². The molecule has 0 fully saturated rings. The van der Waals surface area contributed by atoms with Crippen LogP contribution in [0.2, 0.25) is 0 Å². The normalized spacial score (nSPS) is 11.5. The molecule has 0 heterocycles. The van der Waals surface area contributed by atoms with E-state index in [0.29, 0.717) is 29.9 Å². The molecule has 0 aromatic heterocycles. The van der Waals surface area contributed by atoms with Crippen LogP contribution < -0.4 is 15.4 Å². The second kappa shape index (κ2) is 13.2. The lowest BCUT2D eigenvalue weighted by atomic mass is 10.0. The van der Waals surface area contributed by atoms with Crippen LogP contribution in [0.15, 0.2) is 97.1 Å². The molecule has 6 nitrogen and oxygen atoms in total. The molecule has 0 aliphatic heterocycles. The number of amides is 2. The molecule has 0 aliphatic carbocycles. The summed E-state index contributed by atoms with van der Waals surface area (Å²) in [7, 11) is 0. The first-order chi connectivity index (χ1) is 18.5. The number of carbonyl (C=O) groups excluding carboxylic acids is 3. The third-order valence-electron chi connectivity index (χ3n) is 6.34. The van der Waals surface area contributed by atoms with Crippen molar-refractivity contribution in [1.29, 1.82) is 0 Å². The van der Waals surface area contributed by atoms with Crippen molar-refractivity contribution in [3.63, 3.8) is 0 Å². The first-order valence-electron chi connectivity index (χ1n) is 12.9. The predicted octanol–water partition coefficient (Wildman–Crippen LogP) is 5.71. The van der Waals surface area contributed by atoms with Gasteiger partial charge in [0.25, 0.3) is 11.8 Å². The topological polar surface area (TPSA) is 84.5 Å². The summed E-state index contributed by atoms with van der Waals surface area (Å²) in [6, 6.07) is 29.3. The van der Waals surface area contributed by atoms with Gasteiger partial charge >= 0.3 is 0 Å². The van der Waals surface area contributed by atoms with E-state index in [4.69, 9.17) is 4.74 Å². The monoisotopic (exact) mass is 508 g/mol. The number of ether oxygens (including phenoxy) is 1. The number of nitrogens with one attached hydrogen (secondary N) is 2. The van der Waals surface area contributed by atoms with Crippen molar-refractivity contribution in [3.05, 3.63) is 114 Å². The lowest BCUT2D eigenvalue weighted by Gasteiger charge is -2.18. The van der Waals surface area contributed by atoms with Gasteiger partial charge in [-0.3, -0.25) is 14.4 Å². The van der Waals surface area contributed by atoms with E-state index in [1.807, 2.05) is 31.2 Å². The van der Waals surface area contributed by atoms with Gasteiger partial charge in [-0.2, -0.15) is 0 Å². The predicted molar refractivity (Wildman–Crippen MR) is 149 cm³/mol. The zero-order chi connectivity index (χ0) is 26.7. The van der Waals surface area contributed by atoms with Crippen LogP contribution >= 0.6 is 0 Å². The van der Waals surface area contributed by atoms with E-state index >= 15 is 0 Å². The summed E-state index contributed by atoms with van der Waals surface area (Å²) in [5.41, 5.74) is 1.98. The molecule has 0 radical (unpaired) electrons. The Morgan fingerprint density at radius 3 is 2.18 bits per heavy atom. The summed E-state index contributed by atoms with van der Waals surface area (Å²) in [6.07, 6.45) is 2.18. The van der Waals surface area contributed by atoms with Gasteiger partial charge in [0, 0.05) is 11.1 Å². The van der Waals surface area contributed by atoms with E-state index in [9.17, 15) is 14.4 Å². The highest BCUT2D eigenvalue weighted by Crippen LogP contribution is 2.19. The summed E-state index contributed by atoms with van der Waals surface area (Å²) in [6.45, 7) is 2.29. The molecule has 0 saturated heterocycles. The number of fused-ring (bicyclic) bond motifs is 1. The van der Waals surface area contributed by atoms with Crippen molar-refractivity contribution < 1.29 is 19.1 Å². The minimum Gasteiger partial charge on any atom is -0.489 e. The summed E-state index contributed by atoms with van der Waals surface area (Å²) in [4.78, 5) is 38.1. The van der Waals surface area contributed by atoms with Gasteiger partial charge in [-0.25, -0.2) is 0 Å². The Morgan fingerprint density at radius 1 is 0.763 bits per heavy atom. The van der Waals surface area contributed by atoms with Crippen molar-refractivity contribution in [2.75, 3.05) is 6.54 Å². The van der Waals surface area contributed by atoms with Crippen LogP contribution in [0.3, 0.4) is 0 Å². The van der Waals surface area contributed by atoms with Crippen LogP contribution in [0.25, 0.3) is 10.8 Å². The number of ketones is 1. The third-order valence-corrected chi connectivity index (χ3v) is 6.34. The van der Waals surface area contributed by atoms with Crippen LogP contribution in [-0.4, -0.2) is 30.2 Å². The van der Waals surface area contributed by atoms with E-state index in [-0.39, 0.29) is 24.1 Å². The molecule has 4 aromatic rings. The van der Waals surface area contributed by atoms with Crippen molar-refractivity contribution in [2.24, 2.45) is 0 Å². The number of Topliss-reactive ketones (excluding diaryl/α,β-unsaturated/α-hetero) is 1. The van der Waals surface area contributed by atoms with Gasteiger partial charge in [-0.05, 0) is 65.2 Å². The molecule has 2 amide bonds. The van der Waals surface area contributed by atoms with Gasteiger partial charge in [0.15, 0.2) is 5.78 Å². The van der Waals surface area contributed by atoms with Crippen LogP contribution in [-0.2, 0) is 11.4 Å². The molecule has 0 bridgehead atoms. The van der Waals surface area contributed by atoms with Crippen molar-refractivity contribution in [3.8, 4) is 5.75 Å². The van der Waals surface area contributed by atoms with Gasteiger partial charge in [-0.1, -0.05) is 74.4 Å². The third kappa shape index (κ3) is 7.29. The fraction of sp³-hybridized carbons (Fsp3) is 0.219. The van der Waals surface area contributed by atoms with Crippen LogP contribution in [0.5, 0.6) is 5.75 Å². The highest BCUT2D eigenvalue weighted by Gasteiger charge is 2.21. The smallest absolute Gasteiger partial charge is 0.251 e. The van der Waals surface area contributed by atoms with Gasteiger partial charge in [-0.15, -0.1) is 0 Å². The molecule has 1 unspecified atom stereocenters. The summed E-state index contributed by atoms with van der Waals surface area (Å²) >= 11 is 0. The second-order valence-electron chi connectivity index (χ2n) is 9.18. The Morgan fingerprint density at radius 2 is 1.45 bits per heavy atom. The fourth-order valence-corrected chi connectivity index (χ4v) is 4.14. The minimum atomic E-state index is -0.678. The Bertz CT molecular complexity index is 1380. The van der Waals surface area contributed by atoms with E-state index in [1.165, 1.54) is 5.39 Å². The highest BCUT2D eigenvalue weighted by atomic mass is 16.5. The Balaban J connectivity index is 1.32. The Hall–Kier alpha value is -4.45. The van der Waals surface area contributed by atoms with Gasteiger partial charge < -0.3 is 15.4 Å². The standard InChI is InChI=1S/C32H32N2O4/c1-2-3-13-29(30(35)21-33-31(36)25-10-5-4-6-11-25)34-32(37)26-16-18-28(19-17-26)38-22-23-14-15-24-9-7-8-12-27(24)20-23/h4-12,14-20,29H,2-3,13,21-22H2,1H3,(H,33,36)(H,34,37). The molecular weight excluding hydrogens is 476 g/mol. The Kier molecular flexibility index (Phi) is 9.24. The quantitative estimate of drug-likeness (QED) is 0.257. The number of hydrogen-bond donors (Lipinski definition) is 2. The van der Waals surface area contributed by atoms with E-state index in [1.54, 1.807) is 48.5 Å². The number of hydrogen-bond acceptors (Lipinski definition) is 4. The first kappa shape index (κ1) is 26.6. The van der Waals surface area contributed by atoms with E-state index < -0.39 is 6.04 Å². The average molecular weight is 509 g/mol. The zero-order valence-electron chi connectivity index (χ0n) is 21.5. The molecule has 0 saturated carbocycles. The number of benzene rings is 4. The molecule has 4 rings (SSSR count). The van der Waals surface area contributed by atoms with Crippen LogP contribution in [0.1, 0.15) is 52.5 Å². The van der Waals surface area contributed by atoms with Crippen LogP contribution in [0.4, 0.5) is 0 Å². The van der Waals surface area contributed by atoms with Crippen LogP contribution in [0, 0.1) is 0 Å². The molecule has 0 spiro atoms. The number of carbonyl (C=O) groups is 3. The maximum absolute atomic E-state index is 12.9. The van der Waals surface area contributed by atoms with Gasteiger partial charge in [0.05, 0.1) is 12.6 Å². The SMILES string of the molecule is CCCCC(NC(=O)c1ccc(OCc2ccc3ccccc3c2)cc1)C(=O)CNC(=O)c1ccccc1. The maximum Gasteiger partial charge on any atom is 0.251 e. The number of rotatable bonds is 12. The van der Waals surface area contributed by atoms with Crippen molar-refractivity contribution in [2.45, 2.75) is 38.8 Å². The summed E-state index contributed by atoms with van der Waals surface area (Å²) in [5.74, 6) is -0.239. The lowest BCUT2D eigenvalue weighted by molar-refractivity contribution is -0.120. The molecule has 194 valence electrons. The van der Waals surface area contributed by atoms with Gasteiger partial charge in [0.2, 0.25) is 0 Å². The number of unbranched alkanes of at least 4 members (excludes halogenated alkanes) is 1. The first-order valence-corrected chi connectivity index (χ1v) is 12.9. The molecule has 2 N–H and O–H groups in total. The highest BCUT2D eigenvalue weighted by molar-refractivity contribution is 6.00. The molecule has 38 heavy (non-hydrogen) atoms. The second-order valence-corrected chi connectivity index (χ2v) is 9.18. The van der Waals surface area contributed by atoms with Crippen molar-refractivity contribution in [1.82, 2.24) is 10.6 Å². The largest absolute Gasteiger partial charge is 0.489 e. The minimum absolute atomic E-state index is 0.149. The average Bonchev–Trinajstić information content (AvgIpc) is 2.97. The summed E-state index contributed by atoms with van der Waals surface area (Å²) < 4.78 is 5.91. The molecule has 6 heteroatoms. The maximum atomic E-state index is 12.9. The fourth-order valence-electron chi connectivity index (χ4n) is 4.14. The van der Waals surface area contributed by atoms with Crippen molar-refractivity contribution >= 4 is 28.4 Å². The van der Waals surface area contributed by atoms with Gasteiger partial charge in [0.1, 0.15) is 12.4 Å². The molecule has 1 atom stereocenters. The molecule has 4 aromatic carbocycles. The lowest BCUT2D eigenvalue weighted by Crippen LogP contribution is -2.45. The van der Waals surface area contributed by atoms with E-state index in [2.05, 4.69) is 34.9 Å². The van der Waals surface area contributed by atoms with E-state index in [0.717, 1.165) is 23.8 Å². The zero-order valence-corrected chi connectivity index (χ0v) is 21.5. The molecule has 0 aliphatic rings. The summed E-state index contributed by atoms with van der Waals surface area (Å²) in [5, 5.41) is 7.84. The molecular formula is C32H32N2O4.